The average molecular weight is 588 g/mol. The van der Waals surface area contributed by atoms with Crippen molar-refractivity contribution in [3.8, 4) is 5.75 Å². The molecule has 0 bridgehead atoms. The number of nitrogens with zero attached hydrogens (tertiary/aromatic N) is 2. The van der Waals surface area contributed by atoms with Gasteiger partial charge in [-0.2, -0.15) is 13.2 Å². The van der Waals surface area contributed by atoms with E-state index in [9.17, 15) is 27.9 Å². The maximum atomic E-state index is 13.0. The van der Waals surface area contributed by atoms with Gasteiger partial charge in [-0.1, -0.05) is 20.8 Å². The van der Waals surface area contributed by atoms with Crippen molar-refractivity contribution >= 4 is 35.0 Å². The molecule has 0 aliphatic carbocycles. The highest BCUT2D eigenvalue weighted by molar-refractivity contribution is 5.94. The van der Waals surface area contributed by atoms with Crippen LogP contribution in [-0.4, -0.2) is 48.2 Å². The number of piperidine rings is 2. The Bertz CT molecular complexity index is 1440. The van der Waals surface area contributed by atoms with Crippen molar-refractivity contribution in [1.82, 2.24) is 4.90 Å². The van der Waals surface area contributed by atoms with Crippen LogP contribution in [0.5, 0.6) is 5.75 Å². The van der Waals surface area contributed by atoms with Crippen LogP contribution in [0.25, 0.3) is 11.0 Å². The molecular formula is C31H36F3N3O5. The summed E-state index contributed by atoms with van der Waals surface area (Å²) in [5, 5.41) is 13.5. The number of halogens is 3. The number of benzene rings is 2. The number of carbonyl (C=O) groups excluding carboxylic acids is 1. The van der Waals surface area contributed by atoms with Crippen molar-refractivity contribution in [3.05, 3.63) is 53.1 Å². The first-order valence-electron chi connectivity index (χ1n) is 14.3. The van der Waals surface area contributed by atoms with E-state index in [1.807, 2.05) is 31.7 Å². The summed E-state index contributed by atoms with van der Waals surface area (Å²) in [6.07, 6.45) is -1.30. The zero-order valence-electron chi connectivity index (χ0n) is 24.0. The lowest BCUT2D eigenvalue weighted by Gasteiger charge is -2.36. The Hall–Kier alpha value is -3.89. The van der Waals surface area contributed by atoms with Gasteiger partial charge >= 0.3 is 12.3 Å². The van der Waals surface area contributed by atoms with Crippen LogP contribution in [0.1, 0.15) is 75.6 Å². The maximum absolute atomic E-state index is 13.0. The second kappa shape index (κ2) is 11.4. The molecule has 226 valence electrons. The van der Waals surface area contributed by atoms with Crippen LogP contribution < -0.4 is 15.0 Å². The largest absolute Gasteiger partial charge is 0.490 e. The number of rotatable bonds is 6. The highest BCUT2D eigenvalue weighted by Crippen LogP contribution is 2.46. The summed E-state index contributed by atoms with van der Waals surface area (Å²) in [5.41, 5.74) is 1.74. The fraction of sp³-hybridized carbons (Fsp3) is 0.484. The number of hydrogen-bond donors (Lipinski definition) is 2. The third-order valence-electron chi connectivity index (χ3n) is 8.15. The molecule has 2 aliphatic heterocycles. The number of fused-ring (bicyclic) bond motifs is 1. The molecular weight excluding hydrogens is 551 g/mol. The molecule has 5 rings (SSSR count). The number of carbonyl (C=O) groups is 2. The van der Waals surface area contributed by atoms with Crippen LogP contribution in [0.3, 0.4) is 0 Å². The molecule has 8 nitrogen and oxygen atoms in total. The number of furan rings is 1. The van der Waals surface area contributed by atoms with Gasteiger partial charge in [-0.15, -0.1) is 0 Å². The van der Waals surface area contributed by atoms with Gasteiger partial charge in [-0.25, -0.2) is 4.79 Å². The van der Waals surface area contributed by atoms with Crippen molar-refractivity contribution in [1.29, 1.82) is 0 Å². The van der Waals surface area contributed by atoms with E-state index in [0.29, 0.717) is 62.5 Å². The summed E-state index contributed by atoms with van der Waals surface area (Å²) in [4.78, 5) is 27.2. The van der Waals surface area contributed by atoms with Gasteiger partial charge < -0.3 is 24.1 Å². The molecule has 2 aromatic carbocycles. The normalized spacial score (nSPS) is 18.8. The molecule has 11 heteroatoms. The Morgan fingerprint density at radius 2 is 1.74 bits per heavy atom. The second-order valence-corrected chi connectivity index (χ2v) is 12.0. The number of hydrogen-bond acceptors (Lipinski definition) is 5. The topological polar surface area (TPSA) is 95.3 Å². The van der Waals surface area contributed by atoms with Crippen LogP contribution in [-0.2, 0) is 16.4 Å². The van der Waals surface area contributed by atoms with Crippen molar-refractivity contribution < 1.29 is 37.0 Å². The Kier molecular flexibility index (Phi) is 8.04. The number of carboxylic acid groups (broad SMARTS) is 1. The lowest BCUT2D eigenvalue weighted by molar-refractivity contribution is -0.137. The second-order valence-electron chi connectivity index (χ2n) is 12.0. The molecule has 1 atom stereocenters. The molecule has 2 N–H and O–H groups in total. The van der Waals surface area contributed by atoms with Crippen LogP contribution in [0.2, 0.25) is 0 Å². The number of amides is 2. The number of alkyl halides is 3. The predicted molar refractivity (Wildman–Crippen MR) is 153 cm³/mol. The fourth-order valence-corrected chi connectivity index (χ4v) is 6.20. The van der Waals surface area contributed by atoms with Gasteiger partial charge in [0.2, 0.25) is 12.3 Å². The summed E-state index contributed by atoms with van der Waals surface area (Å²) in [6.45, 7) is 7.70. The highest BCUT2D eigenvalue weighted by Gasteiger charge is 2.35. The summed E-state index contributed by atoms with van der Waals surface area (Å²) < 4.78 is 51.5. The minimum absolute atomic E-state index is 0.146. The summed E-state index contributed by atoms with van der Waals surface area (Å²) in [7, 11) is 0. The number of ether oxygens (including phenoxy) is 1. The van der Waals surface area contributed by atoms with Gasteiger partial charge in [0.1, 0.15) is 17.4 Å². The SMILES string of the molecule is CC(C)(C)c1c(NC=O)oc2cc(OC3CCN(c4ccc(C(F)(F)F)cc4)CC3)cc(C3CCCCN3C(=O)O)c12. The highest BCUT2D eigenvalue weighted by atomic mass is 19.4. The summed E-state index contributed by atoms with van der Waals surface area (Å²) >= 11 is 0. The molecule has 42 heavy (non-hydrogen) atoms. The summed E-state index contributed by atoms with van der Waals surface area (Å²) in [5.74, 6) is 0.877. The molecule has 1 aromatic heterocycles. The minimum Gasteiger partial charge on any atom is -0.490 e. The van der Waals surface area contributed by atoms with Gasteiger partial charge in [0.25, 0.3) is 0 Å². The van der Waals surface area contributed by atoms with Gasteiger partial charge in [-0.05, 0) is 60.6 Å². The first-order chi connectivity index (χ1) is 19.9. The van der Waals surface area contributed by atoms with E-state index in [4.69, 9.17) is 9.15 Å². The third kappa shape index (κ3) is 6.00. The van der Waals surface area contributed by atoms with Crippen molar-refractivity contribution in [3.63, 3.8) is 0 Å². The average Bonchev–Trinajstić information content (AvgIpc) is 3.31. The van der Waals surface area contributed by atoms with Gasteiger partial charge in [0.15, 0.2) is 0 Å². The van der Waals surface area contributed by atoms with E-state index in [1.54, 1.807) is 6.07 Å². The third-order valence-corrected chi connectivity index (χ3v) is 8.15. The first kappa shape index (κ1) is 29.6. The molecule has 2 fully saturated rings. The molecule has 0 saturated carbocycles. The Labute approximate surface area is 242 Å². The van der Waals surface area contributed by atoms with Crippen LogP contribution in [0.15, 0.2) is 40.8 Å². The molecule has 2 saturated heterocycles. The van der Waals surface area contributed by atoms with Crippen molar-refractivity contribution in [2.24, 2.45) is 0 Å². The summed E-state index contributed by atoms with van der Waals surface area (Å²) in [6, 6.07) is 8.50. The molecule has 0 radical (unpaired) electrons. The number of nitrogens with one attached hydrogen (secondary N) is 1. The first-order valence-corrected chi connectivity index (χ1v) is 14.3. The fourth-order valence-electron chi connectivity index (χ4n) is 6.20. The van der Waals surface area contributed by atoms with Gasteiger partial charge in [0, 0.05) is 55.2 Å². The van der Waals surface area contributed by atoms with Crippen LogP contribution >= 0.6 is 0 Å². The predicted octanol–water partition coefficient (Wildman–Crippen LogP) is 7.57. The van der Waals surface area contributed by atoms with Crippen LogP contribution in [0.4, 0.5) is 29.5 Å². The van der Waals surface area contributed by atoms with E-state index >= 15 is 0 Å². The molecule has 2 aliphatic rings. The van der Waals surface area contributed by atoms with E-state index in [0.717, 1.165) is 47.2 Å². The number of anilines is 2. The van der Waals surface area contributed by atoms with Crippen LogP contribution in [0, 0.1) is 0 Å². The molecule has 3 aromatic rings. The monoisotopic (exact) mass is 587 g/mol. The quantitative estimate of drug-likeness (QED) is 0.289. The molecule has 1 unspecified atom stereocenters. The zero-order chi connectivity index (χ0) is 30.2. The van der Waals surface area contributed by atoms with Gasteiger partial charge in [0.05, 0.1) is 11.6 Å². The Morgan fingerprint density at radius 1 is 1.05 bits per heavy atom. The Morgan fingerprint density at radius 3 is 2.33 bits per heavy atom. The van der Waals surface area contributed by atoms with Crippen molar-refractivity contribution in [2.75, 3.05) is 29.9 Å². The van der Waals surface area contributed by atoms with E-state index in [1.165, 1.54) is 17.0 Å². The molecule has 2 amide bonds. The maximum Gasteiger partial charge on any atom is 0.416 e. The lowest BCUT2D eigenvalue weighted by Crippen LogP contribution is -2.38. The molecule has 0 spiro atoms. The molecule has 3 heterocycles. The van der Waals surface area contributed by atoms with E-state index < -0.39 is 29.3 Å². The van der Waals surface area contributed by atoms with Crippen molar-refractivity contribution in [2.45, 2.75) is 76.6 Å². The standard InChI is InChI=1S/C31H36F3N3O5/c1-30(2,3)27-26-23(24-6-4-5-13-37(24)29(39)40)16-22(17-25(26)42-28(27)35-18-38)41-21-11-14-36(15-12-21)20-9-7-19(8-10-20)31(32,33)34/h7-10,16-18,21,24H,4-6,11-15H2,1-3H3,(H,35,38)(H,39,40). The minimum atomic E-state index is -4.37. The van der Waals surface area contributed by atoms with E-state index in [2.05, 4.69) is 5.32 Å². The smallest absolute Gasteiger partial charge is 0.416 e. The lowest BCUT2D eigenvalue weighted by atomic mass is 9.82. The Balaban J connectivity index is 1.44. The zero-order valence-corrected chi connectivity index (χ0v) is 24.0. The number of likely N-dealkylation sites (tertiary alicyclic amines) is 1. The van der Waals surface area contributed by atoms with E-state index in [-0.39, 0.29) is 6.10 Å². The van der Waals surface area contributed by atoms with Gasteiger partial charge in [-0.3, -0.25) is 10.1 Å².